The van der Waals surface area contributed by atoms with Gasteiger partial charge in [0, 0.05) is 31.4 Å². The molecule has 0 bridgehead atoms. The van der Waals surface area contributed by atoms with Gasteiger partial charge in [0.15, 0.2) is 5.13 Å². The van der Waals surface area contributed by atoms with Crippen molar-refractivity contribution in [2.24, 2.45) is 5.92 Å². The van der Waals surface area contributed by atoms with Crippen LogP contribution in [0.1, 0.15) is 24.0 Å². The number of thiazole rings is 1. The number of piperidine rings is 1. The van der Waals surface area contributed by atoms with Crippen molar-refractivity contribution in [1.82, 2.24) is 14.3 Å². The molecule has 0 aliphatic carbocycles. The topological polar surface area (TPSA) is 83.5 Å². The van der Waals surface area contributed by atoms with Crippen LogP contribution in [0.4, 0.5) is 5.13 Å². The van der Waals surface area contributed by atoms with Crippen LogP contribution in [0.5, 0.6) is 0 Å². The Kier molecular flexibility index (Phi) is 5.86. The van der Waals surface area contributed by atoms with Crippen LogP contribution in [0, 0.1) is 12.8 Å². The van der Waals surface area contributed by atoms with Crippen LogP contribution in [-0.4, -0.2) is 47.9 Å². The van der Waals surface area contributed by atoms with Gasteiger partial charge in [0.1, 0.15) is 0 Å². The van der Waals surface area contributed by atoms with Gasteiger partial charge in [0.2, 0.25) is 15.9 Å². The van der Waals surface area contributed by atoms with E-state index < -0.39 is 10.0 Å². The molecular weight excluding hydrogens is 420 g/mol. The summed E-state index contributed by atoms with van der Waals surface area (Å²) >= 11 is 1.50. The molecule has 1 amide bonds. The standard InChI is InChI=1S/C21H24N4O3S2/c1-15-5-6-18-19(12-15)29-21(23-18)25(14-16-4-3-9-22-13-16)20(26)17-7-10-24(11-8-17)30(2,27)28/h3-6,9,12-13,17H,7-8,10-11,14H2,1-2H3. The largest absolute Gasteiger partial charge is 0.283 e. The SMILES string of the molecule is Cc1ccc2nc(N(Cc3cccnc3)C(=O)C3CCN(S(C)(=O)=O)CC3)sc2c1. The molecule has 0 atom stereocenters. The van der Waals surface area contributed by atoms with E-state index >= 15 is 0 Å². The van der Waals surface area contributed by atoms with Crippen molar-refractivity contribution in [3.05, 3.63) is 53.9 Å². The van der Waals surface area contributed by atoms with Crippen LogP contribution < -0.4 is 4.90 Å². The second-order valence-corrected chi connectivity index (χ2v) is 10.7. The lowest BCUT2D eigenvalue weighted by molar-refractivity contribution is -0.123. The number of carbonyl (C=O) groups is 1. The molecular formula is C21H24N4O3S2. The van der Waals surface area contributed by atoms with Crippen molar-refractivity contribution < 1.29 is 13.2 Å². The predicted molar refractivity (Wildman–Crippen MR) is 119 cm³/mol. The number of hydrogen-bond donors (Lipinski definition) is 0. The van der Waals surface area contributed by atoms with Gasteiger partial charge in [-0.1, -0.05) is 23.5 Å². The maximum Gasteiger partial charge on any atom is 0.232 e. The number of benzene rings is 1. The Balaban J connectivity index is 1.62. The fourth-order valence-electron chi connectivity index (χ4n) is 3.70. The first-order chi connectivity index (χ1) is 14.3. The molecule has 0 N–H and O–H groups in total. The summed E-state index contributed by atoms with van der Waals surface area (Å²) in [5, 5.41) is 0.662. The van der Waals surface area contributed by atoms with Crippen molar-refractivity contribution in [3.63, 3.8) is 0 Å². The molecule has 1 aliphatic rings. The number of anilines is 1. The molecule has 7 nitrogen and oxygen atoms in total. The van der Waals surface area contributed by atoms with Crippen LogP contribution in [0.25, 0.3) is 10.2 Å². The zero-order valence-electron chi connectivity index (χ0n) is 17.0. The van der Waals surface area contributed by atoms with Gasteiger partial charge in [0.05, 0.1) is 23.0 Å². The van der Waals surface area contributed by atoms with E-state index in [1.54, 1.807) is 17.3 Å². The van der Waals surface area contributed by atoms with E-state index in [1.165, 1.54) is 21.9 Å². The van der Waals surface area contributed by atoms with Crippen LogP contribution >= 0.6 is 11.3 Å². The molecule has 0 spiro atoms. The molecule has 0 saturated carbocycles. The number of sulfonamides is 1. The summed E-state index contributed by atoms with van der Waals surface area (Å²) in [5.74, 6) is -0.240. The Morgan fingerprint density at radius 3 is 2.70 bits per heavy atom. The van der Waals surface area contributed by atoms with Gasteiger partial charge in [-0.3, -0.25) is 14.7 Å². The van der Waals surface area contributed by atoms with Gasteiger partial charge < -0.3 is 0 Å². The molecule has 0 radical (unpaired) electrons. The van der Waals surface area contributed by atoms with E-state index in [-0.39, 0.29) is 11.8 Å². The number of hydrogen-bond acceptors (Lipinski definition) is 6. The molecule has 0 unspecified atom stereocenters. The van der Waals surface area contributed by atoms with Crippen molar-refractivity contribution in [3.8, 4) is 0 Å². The van der Waals surface area contributed by atoms with Gasteiger partial charge in [-0.05, 0) is 49.1 Å². The first kappa shape index (κ1) is 20.9. The Morgan fingerprint density at radius 1 is 1.27 bits per heavy atom. The molecule has 30 heavy (non-hydrogen) atoms. The molecule has 1 fully saturated rings. The maximum absolute atomic E-state index is 13.5. The lowest BCUT2D eigenvalue weighted by Gasteiger charge is -2.32. The minimum atomic E-state index is -3.23. The first-order valence-corrected chi connectivity index (χ1v) is 12.5. The number of pyridine rings is 1. The van der Waals surface area contributed by atoms with Crippen LogP contribution in [0.3, 0.4) is 0 Å². The number of aryl methyl sites for hydroxylation is 1. The van der Waals surface area contributed by atoms with Crippen LogP contribution in [0.2, 0.25) is 0 Å². The van der Waals surface area contributed by atoms with Crippen molar-refractivity contribution in [2.45, 2.75) is 26.3 Å². The summed E-state index contributed by atoms with van der Waals surface area (Å²) < 4.78 is 26.1. The smallest absolute Gasteiger partial charge is 0.232 e. The third-order valence-corrected chi connectivity index (χ3v) is 7.71. The van der Waals surface area contributed by atoms with Crippen molar-refractivity contribution >= 4 is 42.6 Å². The van der Waals surface area contributed by atoms with E-state index in [2.05, 4.69) is 11.1 Å². The van der Waals surface area contributed by atoms with Gasteiger partial charge >= 0.3 is 0 Å². The summed E-state index contributed by atoms with van der Waals surface area (Å²) in [6, 6.07) is 9.86. The molecule has 9 heteroatoms. The number of rotatable bonds is 5. The zero-order chi connectivity index (χ0) is 21.3. The second kappa shape index (κ2) is 8.41. The van der Waals surface area contributed by atoms with Gasteiger partial charge in [0.25, 0.3) is 0 Å². The minimum absolute atomic E-state index is 0.0113. The Bertz CT molecular complexity index is 1150. The Morgan fingerprint density at radius 2 is 2.03 bits per heavy atom. The molecule has 3 aromatic rings. The fourth-order valence-corrected chi connectivity index (χ4v) is 5.65. The first-order valence-electron chi connectivity index (χ1n) is 9.84. The molecule has 4 rings (SSSR count). The summed E-state index contributed by atoms with van der Waals surface area (Å²) in [4.78, 5) is 24.1. The monoisotopic (exact) mass is 444 g/mol. The van der Waals surface area contributed by atoms with E-state index in [1.807, 2.05) is 31.2 Å². The predicted octanol–water partition coefficient (Wildman–Crippen LogP) is 3.20. The Hall–Kier alpha value is -2.36. The highest BCUT2D eigenvalue weighted by Gasteiger charge is 2.33. The second-order valence-electron chi connectivity index (χ2n) is 7.69. The summed E-state index contributed by atoms with van der Waals surface area (Å²) in [5.41, 5.74) is 2.95. The number of aromatic nitrogens is 2. The van der Waals surface area contributed by atoms with Crippen LogP contribution in [0.15, 0.2) is 42.7 Å². The molecule has 158 valence electrons. The van der Waals surface area contributed by atoms with E-state index in [0.29, 0.717) is 37.6 Å². The highest BCUT2D eigenvalue weighted by Crippen LogP contribution is 2.33. The van der Waals surface area contributed by atoms with Gasteiger partial charge in [-0.25, -0.2) is 17.7 Å². The number of amides is 1. The van der Waals surface area contributed by atoms with Crippen molar-refractivity contribution in [2.75, 3.05) is 24.2 Å². The quantitative estimate of drug-likeness (QED) is 0.603. The van der Waals surface area contributed by atoms with E-state index in [9.17, 15) is 13.2 Å². The summed E-state index contributed by atoms with van der Waals surface area (Å²) in [6.45, 7) is 3.16. The summed E-state index contributed by atoms with van der Waals surface area (Å²) in [6.07, 6.45) is 5.70. The fraction of sp³-hybridized carbons (Fsp3) is 0.381. The van der Waals surface area contributed by atoms with E-state index in [4.69, 9.17) is 4.98 Å². The molecule has 3 heterocycles. The third kappa shape index (κ3) is 4.53. The van der Waals surface area contributed by atoms with E-state index in [0.717, 1.165) is 21.3 Å². The molecule has 2 aromatic heterocycles. The average molecular weight is 445 g/mol. The lowest BCUT2D eigenvalue weighted by atomic mass is 9.96. The Labute approximate surface area is 180 Å². The van der Waals surface area contributed by atoms with Gasteiger partial charge in [-0.15, -0.1) is 0 Å². The maximum atomic E-state index is 13.5. The molecule has 1 saturated heterocycles. The number of fused-ring (bicyclic) bond motifs is 1. The zero-order valence-corrected chi connectivity index (χ0v) is 18.6. The normalized spacial score (nSPS) is 16.1. The van der Waals surface area contributed by atoms with Gasteiger partial charge in [-0.2, -0.15) is 0 Å². The molecule has 1 aromatic carbocycles. The van der Waals surface area contributed by atoms with Crippen LogP contribution in [-0.2, 0) is 21.4 Å². The lowest BCUT2D eigenvalue weighted by Crippen LogP contribution is -2.44. The highest BCUT2D eigenvalue weighted by atomic mass is 32.2. The molecule has 1 aliphatic heterocycles. The van der Waals surface area contributed by atoms with Crippen molar-refractivity contribution in [1.29, 1.82) is 0 Å². The number of carbonyl (C=O) groups excluding carboxylic acids is 1. The minimum Gasteiger partial charge on any atom is -0.283 e. The third-order valence-electron chi connectivity index (χ3n) is 5.37. The average Bonchev–Trinajstić information content (AvgIpc) is 3.14. The number of nitrogens with zero attached hydrogens (tertiary/aromatic N) is 4. The summed E-state index contributed by atoms with van der Waals surface area (Å²) in [7, 11) is -3.23. The highest BCUT2D eigenvalue weighted by molar-refractivity contribution is 7.88.